The van der Waals surface area contributed by atoms with Crippen molar-refractivity contribution in [2.45, 2.75) is 39.0 Å². The van der Waals surface area contributed by atoms with E-state index in [9.17, 15) is 0 Å². The molecule has 1 N–H and O–H groups in total. The van der Waals surface area contributed by atoms with Gasteiger partial charge in [0.05, 0.1) is 6.61 Å². The quantitative estimate of drug-likeness (QED) is 0.871. The van der Waals surface area contributed by atoms with Crippen molar-refractivity contribution >= 4 is 5.82 Å². The Kier molecular flexibility index (Phi) is 4.31. The summed E-state index contributed by atoms with van der Waals surface area (Å²) in [6, 6.07) is 2.00. The molecule has 94 valence electrons. The Hall–Kier alpha value is -1.16. The molecule has 1 saturated heterocycles. The minimum absolute atomic E-state index is 0.367. The van der Waals surface area contributed by atoms with E-state index >= 15 is 0 Å². The fourth-order valence-corrected chi connectivity index (χ4v) is 2.06. The first-order chi connectivity index (χ1) is 8.29. The molecule has 0 spiro atoms. The number of hydrogen-bond acceptors (Lipinski definition) is 4. The zero-order valence-electron chi connectivity index (χ0n) is 10.7. The zero-order chi connectivity index (χ0) is 12.1. The number of ether oxygens (including phenoxy) is 1. The Labute approximate surface area is 103 Å². The zero-order valence-corrected chi connectivity index (χ0v) is 10.7. The van der Waals surface area contributed by atoms with Gasteiger partial charge in [0.2, 0.25) is 0 Å². The lowest BCUT2D eigenvalue weighted by atomic mass is 10.0. The summed E-state index contributed by atoms with van der Waals surface area (Å²) in [5.74, 6) is 2.24. The minimum atomic E-state index is 0.367. The summed E-state index contributed by atoms with van der Waals surface area (Å²) >= 11 is 0. The fourth-order valence-electron chi connectivity index (χ4n) is 2.06. The molecule has 0 saturated carbocycles. The van der Waals surface area contributed by atoms with E-state index in [1.165, 1.54) is 0 Å². The maximum Gasteiger partial charge on any atom is 0.136 e. The molecular formula is C13H21N3O. The smallest absolute Gasteiger partial charge is 0.136 e. The summed E-state index contributed by atoms with van der Waals surface area (Å²) in [7, 11) is 0. The molecule has 1 atom stereocenters. The second-order valence-corrected chi connectivity index (χ2v) is 4.59. The first-order valence-corrected chi connectivity index (χ1v) is 6.46. The molecule has 0 aromatic carbocycles. The third-order valence-corrected chi connectivity index (χ3v) is 2.95. The molecule has 17 heavy (non-hydrogen) atoms. The lowest BCUT2D eigenvalue weighted by Gasteiger charge is -2.21. The minimum Gasteiger partial charge on any atom is -0.381 e. The normalized spacial score (nSPS) is 20.2. The van der Waals surface area contributed by atoms with Crippen molar-refractivity contribution < 1.29 is 4.74 Å². The lowest BCUT2D eigenvalue weighted by Crippen LogP contribution is -2.19. The van der Waals surface area contributed by atoms with Gasteiger partial charge in [0, 0.05) is 30.8 Å². The van der Waals surface area contributed by atoms with E-state index in [1.54, 1.807) is 0 Å². The molecule has 4 nitrogen and oxygen atoms in total. The van der Waals surface area contributed by atoms with Crippen molar-refractivity contribution in [2.75, 3.05) is 25.1 Å². The second kappa shape index (κ2) is 5.96. The van der Waals surface area contributed by atoms with Crippen LogP contribution in [-0.2, 0) is 4.74 Å². The van der Waals surface area contributed by atoms with Crippen LogP contribution >= 0.6 is 0 Å². The highest BCUT2D eigenvalue weighted by atomic mass is 16.5. The van der Waals surface area contributed by atoms with Crippen LogP contribution < -0.4 is 5.32 Å². The summed E-state index contributed by atoms with van der Waals surface area (Å²) in [4.78, 5) is 9.13. The van der Waals surface area contributed by atoms with Gasteiger partial charge < -0.3 is 10.1 Å². The van der Waals surface area contributed by atoms with Crippen LogP contribution in [-0.4, -0.2) is 29.7 Å². The summed E-state index contributed by atoms with van der Waals surface area (Å²) < 4.78 is 5.50. The number of nitrogens with zero attached hydrogens (tertiary/aromatic N) is 2. The second-order valence-electron chi connectivity index (χ2n) is 4.59. The van der Waals surface area contributed by atoms with Crippen molar-refractivity contribution in [3.8, 4) is 0 Å². The third-order valence-electron chi connectivity index (χ3n) is 2.95. The Morgan fingerprint density at radius 3 is 3.06 bits per heavy atom. The lowest BCUT2D eigenvalue weighted by molar-refractivity contribution is 0.0780. The van der Waals surface area contributed by atoms with Gasteiger partial charge in [-0.05, 0) is 26.2 Å². The molecule has 0 radical (unpaired) electrons. The Morgan fingerprint density at radius 1 is 1.47 bits per heavy atom. The maximum atomic E-state index is 5.50. The van der Waals surface area contributed by atoms with E-state index in [-0.39, 0.29) is 0 Å². The maximum absolute atomic E-state index is 5.50. The number of aromatic nitrogens is 2. The topological polar surface area (TPSA) is 47.0 Å². The van der Waals surface area contributed by atoms with Crippen LogP contribution in [0.15, 0.2) is 6.07 Å². The summed E-state index contributed by atoms with van der Waals surface area (Å²) in [6.45, 7) is 6.76. The Bertz CT molecular complexity index is 362. The van der Waals surface area contributed by atoms with Crippen molar-refractivity contribution in [3.63, 3.8) is 0 Å². The monoisotopic (exact) mass is 235 g/mol. The highest BCUT2D eigenvalue weighted by Gasteiger charge is 2.19. The van der Waals surface area contributed by atoms with Crippen LogP contribution in [0, 0.1) is 6.92 Å². The number of anilines is 1. The number of hydrogen-bond donors (Lipinski definition) is 1. The molecule has 2 rings (SSSR count). The SMILES string of the molecule is CCCNc1cc(C)nc(C2CCCOC2)n1. The van der Waals surface area contributed by atoms with Gasteiger partial charge in [-0.25, -0.2) is 9.97 Å². The molecule has 0 aliphatic carbocycles. The van der Waals surface area contributed by atoms with Crippen LogP contribution in [0.5, 0.6) is 0 Å². The van der Waals surface area contributed by atoms with E-state index in [0.29, 0.717) is 5.92 Å². The van der Waals surface area contributed by atoms with Gasteiger partial charge in [0.15, 0.2) is 0 Å². The van der Waals surface area contributed by atoms with Crippen molar-refractivity contribution in [1.82, 2.24) is 9.97 Å². The summed E-state index contributed by atoms with van der Waals surface area (Å²) in [6.07, 6.45) is 3.35. The highest BCUT2D eigenvalue weighted by molar-refractivity contribution is 5.36. The van der Waals surface area contributed by atoms with Crippen LogP contribution in [0.1, 0.15) is 43.6 Å². The van der Waals surface area contributed by atoms with Crippen molar-refractivity contribution in [3.05, 3.63) is 17.6 Å². The third kappa shape index (κ3) is 3.40. The molecule has 0 bridgehead atoms. The van der Waals surface area contributed by atoms with Gasteiger partial charge in [-0.1, -0.05) is 6.92 Å². The largest absolute Gasteiger partial charge is 0.381 e. The molecule has 1 fully saturated rings. The van der Waals surface area contributed by atoms with Crippen molar-refractivity contribution in [1.29, 1.82) is 0 Å². The van der Waals surface area contributed by atoms with E-state index in [0.717, 1.165) is 56.4 Å². The average Bonchev–Trinajstić information content (AvgIpc) is 2.37. The van der Waals surface area contributed by atoms with Gasteiger partial charge in [-0.2, -0.15) is 0 Å². The predicted molar refractivity (Wildman–Crippen MR) is 68.3 cm³/mol. The number of rotatable bonds is 4. The fraction of sp³-hybridized carbons (Fsp3) is 0.692. The van der Waals surface area contributed by atoms with Gasteiger partial charge in [-0.3, -0.25) is 0 Å². The molecule has 0 amide bonds. The van der Waals surface area contributed by atoms with Crippen LogP contribution in [0.3, 0.4) is 0 Å². The number of nitrogens with one attached hydrogen (secondary N) is 1. The Balaban J connectivity index is 2.12. The van der Waals surface area contributed by atoms with E-state index in [2.05, 4.69) is 22.2 Å². The highest BCUT2D eigenvalue weighted by Crippen LogP contribution is 2.23. The van der Waals surface area contributed by atoms with Crippen LogP contribution in [0.2, 0.25) is 0 Å². The van der Waals surface area contributed by atoms with Crippen molar-refractivity contribution in [2.24, 2.45) is 0 Å². The molecule has 1 aliphatic heterocycles. The Morgan fingerprint density at radius 2 is 2.35 bits per heavy atom. The van der Waals surface area contributed by atoms with Gasteiger partial charge in [0.25, 0.3) is 0 Å². The molecular weight excluding hydrogens is 214 g/mol. The molecule has 1 unspecified atom stereocenters. The standard InChI is InChI=1S/C13H21N3O/c1-3-6-14-12-8-10(2)15-13(16-12)11-5-4-7-17-9-11/h8,11H,3-7,9H2,1-2H3,(H,14,15,16). The molecule has 1 aromatic heterocycles. The summed E-state index contributed by atoms with van der Waals surface area (Å²) in [5, 5.41) is 3.32. The average molecular weight is 235 g/mol. The van der Waals surface area contributed by atoms with E-state index in [4.69, 9.17) is 4.74 Å². The predicted octanol–water partition coefficient (Wildman–Crippen LogP) is 2.50. The first kappa shape index (κ1) is 12.3. The first-order valence-electron chi connectivity index (χ1n) is 6.46. The summed E-state index contributed by atoms with van der Waals surface area (Å²) in [5.41, 5.74) is 1.03. The van der Waals surface area contributed by atoms with Gasteiger partial charge >= 0.3 is 0 Å². The molecule has 4 heteroatoms. The number of aryl methyl sites for hydroxylation is 1. The van der Waals surface area contributed by atoms with Gasteiger partial charge in [-0.15, -0.1) is 0 Å². The van der Waals surface area contributed by atoms with E-state index < -0.39 is 0 Å². The molecule has 2 heterocycles. The molecule has 1 aromatic rings. The molecule has 1 aliphatic rings. The van der Waals surface area contributed by atoms with Crippen LogP contribution in [0.4, 0.5) is 5.82 Å². The van der Waals surface area contributed by atoms with Gasteiger partial charge in [0.1, 0.15) is 11.6 Å². The van der Waals surface area contributed by atoms with E-state index in [1.807, 2.05) is 13.0 Å². The van der Waals surface area contributed by atoms with Crippen LogP contribution in [0.25, 0.3) is 0 Å².